The Morgan fingerprint density at radius 1 is 1.60 bits per heavy atom. The van der Waals surface area contributed by atoms with Crippen LogP contribution in [0.15, 0.2) is 23.1 Å². The maximum atomic E-state index is 10.7. The van der Waals surface area contributed by atoms with Gasteiger partial charge in [-0.05, 0) is 18.6 Å². The molecule has 0 saturated carbocycles. The summed E-state index contributed by atoms with van der Waals surface area (Å²) in [7, 11) is 0. The van der Waals surface area contributed by atoms with Crippen LogP contribution in [0.5, 0.6) is 0 Å². The fraction of sp³-hybridized carbons (Fsp3) is 0.400. The van der Waals surface area contributed by atoms with Crippen molar-refractivity contribution in [3.63, 3.8) is 0 Å². The number of hydrogen-bond acceptors (Lipinski definition) is 4. The monoisotopic (exact) mass is 227 g/mol. The van der Waals surface area contributed by atoms with Crippen molar-refractivity contribution >= 4 is 17.4 Å². The minimum Gasteiger partial charge on any atom is -0.395 e. The van der Waals surface area contributed by atoms with Gasteiger partial charge in [0.25, 0.3) is 5.69 Å². The molecule has 4 nitrogen and oxygen atoms in total. The van der Waals surface area contributed by atoms with Gasteiger partial charge in [-0.15, -0.1) is 11.8 Å². The lowest BCUT2D eigenvalue weighted by Gasteiger charge is -2.08. The predicted octanol–water partition coefficient (Wildman–Crippen LogP) is 2.38. The SMILES string of the molecule is Cc1ccc([N+](=O)[O-])c(SC(C)CO)c1. The lowest BCUT2D eigenvalue weighted by molar-refractivity contribution is -0.387. The predicted molar refractivity (Wildman–Crippen MR) is 60.2 cm³/mol. The molecule has 82 valence electrons. The van der Waals surface area contributed by atoms with Crippen LogP contribution in [-0.4, -0.2) is 21.9 Å². The van der Waals surface area contributed by atoms with Crippen molar-refractivity contribution in [2.24, 2.45) is 0 Å². The zero-order valence-electron chi connectivity index (χ0n) is 8.64. The van der Waals surface area contributed by atoms with Crippen LogP contribution in [0, 0.1) is 17.0 Å². The Morgan fingerprint density at radius 2 is 2.27 bits per heavy atom. The average Bonchev–Trinajstić information content (AvgIpc) is 2.17. The summed E-state index contributed by atoms with van der Waals surface area (Å²) < 4.78 is 0. The average molecular weight is 227 g/mol. The number of hydrogen-bond donors (Lipinski definition) is 1. The molecule has 5 heteroatoms. The summed E-state index contributed by atoms with van der Waals surface area (Å²) in [5.41, 5.74) is 1.08. The van der Waals surface area contributed by atoms with Gasteiger partial charge in [0.05, 0.1) is 16.4 Å². The Bertz CT molecular complexity index is 368. The van der Waals surface area contributed by atoms with Crippen LogP contribution in [0.4, 0.5) is 5.69 Å². The molecule has 0 radical (unpaired) electrons. The summed E-state index contributed by atoms with van der Waals surface area (Å²) >= 11 is 1.32. The summed E-state index contributed by atoms with van der Waals surface area (Å²) in [5.74, 6) is 0. The first-order valence-corrected chi connectivity index (χ1v) is 5.45. The van der Waals surface area contributed by atoms with Gasteiger partial charge in [-0.2, -0.15) is 0 Å². The zero-order chi connectivity index (χ0) is 11.4. The van der Waals surface area contributed by atoms with E-state index in [1.807, 2.05) is 13.8 Å². The second kappa shape index (κ2) is 5.14. The summed E-state index contributed by atoms with van der Waals surface area (Å²) in [6.07, 6.45) is 0. The van der Waals surface area contributed by atoms with Crippen LogP contribution in [0.2, 0.25) is 0 Å². The molecule has 1 rings (SSSR count). The highest BCUT2D eigenvalue weighted by Crippen LogP contribution is 2.32. The molecular formula is C10H13NO3S. The molecule has 1 aromatic rings. The molecule has 0 aliphatic carbocycles. The molecule has 1 N–H and O–H groups in total. The van der Waals surface area contributed by atoms with Gasteiger partial charge in [-0.3, -0.25) is 10.1 Å². The Balaban J connectivity index is 3.02. The van der Waals surface area contributed by atoms with E-state index < -0.39 is 4.92 Å². The topological polar surface area (TPSA) is 63.4 Å². The molecule has 0 amide bonds. The van der Waals surface area contributed by atoms with E-state index in [-0.39, 0.29) is 17.5 Å². The van der Waals surface area contributed by atoms with Crippen LogP contribution in [0.3, 0.4) is 0 Å². The molecular weight excluding hydrogens is 214 g/mol. The Kier molecular flexibility index (Phi) is 4.11. The van der Waals surface area contributed by atoms with Gasteiger partial charge in [0.2, 0.25) is 0 Å². The lowest BCUT2D eigenvalue weighted by atomic mass is 10.2. The number of aliphatic hydroxyl groups is 1. The van der Waals surface area contributed by atoms with Crippen LogP contribution in [-0.2, 0) is 0 Å². The zero-order valence-corrected chi connectivity index (χ0v) is 9.45. The molecule has 1 aromatic carbocycles. The van der Waals surface area contributed by atoms with E-state index in [0.29, 0.717) is 4.90 Å². The van der Waals surface area contributed by atoms with Gasteiger partial charge >= 0.3 is 0 Å². The summed E-state index contributed by atoms with van der Waals surface area (Å²) in [5, 5.41) is 19.6. The molecule has 1 unspecified atom stereocenters. The van der Waals surface area contributed by atoms with E-state index in [0.717, 1.165) is 5.56 Å². The van der Waals surface area contributed by atoms with Crippen molar-refractivity contribution in [2.75, 3.05) is 6.61 Å². The third kappa shape index (κ3) is 3.21. The van der Waals surface area contributed by atoms with Crippen molar-refractivity contribution in [3.05, 3.63) is 33.9 Å². The van der Waals surface area contributed by atoms with E-state index in [2.05, 4.69) is 0 Å². The van der Waals surface area contributed by atoms with Crippen LogP contribution >= 0.6 is 11.8 Å². The normalized spacial score (nSPS) is 12.5. The smallest absolute Gasteiger partial charge is 0.282 e. The highest BCUT2D eigenvalue weighted by molar-refractivity contribution is 8.00. The van der Waals surface area contributed by atoms with Crippen LogP contribution < -0.4 is 0 Å². The fourth-order valence-corrected chi connectivity index (χ4v) is 2.15. The highest BCUT2D eigenvalue weighted by atomic mass is 32.2. The van der Waals surface area contributed by atoms with E-state index in [4.69, 9.17) is 5.11 Å². The number of aliphatic hydroxyl groups excluding tert-OH is 1. The van der Waals surface area contributed by atoms with Crippen molar-refractivity contribution in [1.82, 2.24) is 0 Å². The number of nitro groups is 1. The van der Waals surface area contributed by atoms with Gasteiger partial charge in [0, 0.05) is 11.3 Å². The van der Waals surface area contributed by atoms with Crippen molar-refractivity contribution in [1.29, 1.82) is 0 Å². The first kappa shape index (κ1) is 12.0. The van der Waals surface area contributed by atoms with Crippen LogP contribution in [0.1, 0.15) is 12.5 Å². The quantitative estimate of drug-likeness (QED) is 0.487. The van der Waals surface area contributed by atoms with E-state index in [1.54, 1.807) is 12.1 Å². The Morgan fingerprint density at radius 3 is 2.80 bits per heavy atom. The minimum atomic E-state index is -0.397. The fourth-order valence-electron chi connectivity index (χ4n) is 1.12. The van der Waals surface area contributed by atoms with Crippen molar-refractivity contribution in [3.8, 4) is 0 Å². The third-order valence-electron chi connectivity index (χ3n) is 1.90. The summed E-state index contributed by atoms with van der Waals surface area (Å²) in [4.78, 5) is 10.9. The second-order valence-electron chi connectivity index (χ2n) is 3.34. The first-order valence-electron chi connectivity index (χ1n) is 4.57. The molecule has 0 aliphatic heterocycles. The largest absolute Gasteiger partial charge is 0.395 e. The summed E-state index contributed by atoms with van der Waals surface area (Å²) in [6.45, 7) is 3.73. The van der Waals surface area contributed by atoms with Gasteiger partial charge in [0.15, 0.2) is 0 Å². The maximum absolute atomic E-state index is 10.7. The molecule has 0 aromatic heterocycles. The van der Waals surface area contributed by atoms with Crippen molar-refractivity contribution in [2.45, 2.75) is 24.0 Å². The van der Waals surface area contributed by atoms with E-state index >= 15 is 0 Å². The van der Waals surface area contributed by atoms with Crippen molar-refractivity contribution < 1.29 is 10.0 Å². The molecule has 1 atom stereocenters. The number of nitrogens with zero attached hydrogens (tertiary/aromatic N) is 1. The van der Waals surface area contributed by atoms with Gasteiger partial charge < -0.3 is 5.11 Å². The Labute approximate surface area is 92.5 Å². The Hall–Kier alpha value is -1.07. The number of rotatable bonds is 4. The molecule has 0 spiro atoms. The lowest BCUT2D eigenvalue weighted by Crippen LogP contribution is -2.02. The standard InChI is InChI=1S/C10H13NO3S/c1-7-3-4-9(11(13)14)10(5-7)15-8(2)6-12/h3-5,8,12H,6H2,1-2H3. The number of thioether (sulfide) groups is 1. The molecule has 0 saturated heterocycles. The van der Waals surface area contributed by atoms with Crippen LogP contribution in [0.25, 0.3) is 0 Å². The second-order valence-corrected chi connectivity index (χ2v) is 4.82. The molecule has 0 fully saturated rings. The highest BCUT2D eigenvalue weighted by Gasteiger charge is 2.16. The molecule has 0 aliphatic rings. The number of nitro benzene ring substituents is 1. The maximum Gasteiger partial charge on any atom is 0.282 e. The molecule has 0 heterocycles. The molecule has 15 heavy (non-hydrogen) atoms. The number of benzene rings is 1. The summed E-state index contributed by atoms with van der Waals surface area (Å²) in [6, 6.07) is 4.99. The first-order chi connectivity index (χ1) is 7.04. The van der Waals surface area contributed by atoms with E-state index in [1.165, 1.54) is 17.8 Å². The van der Waals surface area contributed by atoms with Gasteiger partial charge in [-0.25, -0.2) is 0 Å². The van der Waals surface area contributed by atoms with Gasteiger partial charge in [0.1, 0.15) is 0 Å². The van der Waals surface area contributed by atoms with Gasteiger partial charge in [-0.1, -0.05) is 13.0 Å². The third-order valence-corrected chi connectivity index (χ3v) is 3.03. The molecule has 0 bridgehead atoms. The van der Waals surface area contributed by atoms with E-state index in [9.17, 15) is 10.1 Å². The minimum absolute atomic E-state index is 0.00969. The number of aryl methyl sites for hydroxylation is 1.